The first-order valence-electron chi connectivity index (χ1n) is 12.8. The highest BCUT2D eigenvalue weighted by atomic mass is 32.1. The van der Waals surface area contributed by atoms with Crippen molar-refractivity contribution in [2.75, 3.05) is 10.6 Å². The molecule has 8 nitrogen and oxygen atoms in total. The molecule has 0 aliphatic carbocycles. The Bertz CT molecular complexity index is 1720. The third-order valence-electron chi connectivity index (χ3n) is 6.39. The molecule has 0 radical (unpaired) electrons. The molecule has 0 saturated heterocycles. The number of nitrogens with zero attached hydrogens (tertiary/aromatic N) is 2. The minimum Gasteiger partial charge on any atom is -0.457 e. The maximum Gasteiger partial charge on any atom is 0.266 e. The van der Waals surface area contributed by atoms with Crippen LogP contribution in [0, 0.1) is 6.92 Å². The predicted octanol–water partition coefficient (Wildman–Crippen LogP) is 6.57. The second-order valence-electron chi connectivity index (χ2n) is 9.63. The molecule has 2 amide bonds. The van der Waals surface area contributed by atoms with Crippen molar-refractivity contribution in [1.29, 1.82) is 0 Å². The fourth-order valence-electron chi connectivity index (χ4n) is 4.21. The van der Waals surface area contributed by atoms with Crippen molar-refractivity contribution >= 4 is 44.7 Å². The molecule has 0 saturated carbocycles. The normalized spacial score (nSPS) is 11.0. The lowest BCUT2D eigenvalue weighted by Crippen LogP contribution is -2.28. The van der Waals surface area contributed by atoms with Gasteiger partial charge in [0.15, 0.2) is 0 Å². The van der Waals surface area contributed by atoms with E-state index >= 15 is 0 Å². The van der Waals surface area contributed by atoms with Crippen molar-refractivity contribution in [1.82, 2.24) is 9.55 Å². The molecule has 0 atom stereocenters. The maximum absolute atomic E-state index is 13.2. The Kier molecular flexibility index (Phi) is 7.75. The van der Waals surface area contributed by atoms with Crippen LogP contribution in [0.1, 0.15) is 40.6 Å². The molecule has 5 rings (SSSR count). The molecule has 9 heteroatoms. The van der Waals surface area contributed by atoms with E-state index in [9.17, 15) is 14.4 Å². The lowest BCUT2D eigenvalue weighted by molar-refractivity contribution is -0.116. The van der Waals surface area contributed by atoms with Gasteiger partial charge in [-0.3, -0.25) is 19.0 Å². The third-order valence-corrected chi connectivity index (χ3v) is 7.59. The number of aryl methyl sites for hydroxylation is 1. The van der Waals surface area contributed by atoms with Gasteiger partial charge in [0, 0.05) is 11.4 Å². The Morgan fingerprint density at radius 1 is 0.900 bits per heavy atom. The van der Waals surface area contributed by atoms with Crippen molar-refractivity contribution in [2.24, 2.45) is 0 Å². The van der Waals surface area contributed by atoms with Gasteiger partial charge in [0.05, 0.1) is 16.6 Å². The van der Waals surface area contributed by atoms with Gasteiger partial charge in [0.25, 0.3) is 11.5 Å². The largest absolute Gasteiger partial charge is 0.457 e. The average Bonchev–Trinajstić information content (AvgIpc) is 3.29. The summed E-state index contributed by atoms with van der Waals surface area (Å²) in [4.78, 5) is 44.2. The highest BCUT2D eigenvalue weighted by molar-refractivity contribution is 7.20. The highest BCUT2D eigenvalue weighted by Crippen LogP contribution is 2.28. The van der Waals surface area contributed by atoms with Gasteiger partial charge in [-0.05, 0) is 72.5 Å². The molecule has 3 aromatic carbocycles. The van der Waals surface area contributed by atoms with Crippen molar-refractivity contribution in [3.05, 3.63) is 112 Å². The SMILES string of the molecule is Cc1c(C(=O)Nc2ccc(Oc3ccccc3)cc2)sc2ncn(CC(=O)Nc3ccc(C(C)C)cc3)c(=O)c12. The minimum atomic E-state index is -0.370. The Morgan fingerprint density at radius 3 is 2.20 bits per heavy atom. The van der Waals surface area contributed by atoms with E-state index in [4.69, 9.17) is 4.74 Å². The molecular formula is C31H28N4O4S. The molecule has 2 aromatic heterocycles. The van der Waals surface area contributed by atoms with Crippen LogP contribution in [0.25, 0.3) is 10.2 Å². The topological polar surface area (TPSA) is 102 Å². The molecular weight excluding hydrogens is 524 g/mol. The first-order chi connectivity index (χ1) is 19.3. The Labute approximate surface area is 235 Å². The molecule has 5 aromatic rings. The number of nitrogens with one attached hydrogen (secondary N) is 2. The van der Waals surface area contributed by atoms with Gasteiger partial charge >= 0.3 is 0 Å². The number of anilines is 2. The van der Waals surface area contributed by atoms with Crippen LogP contribution in [-0.4, -0.2) is 21.4 Å². The number of rotatable bonds is 8. The van der Waals surface area contributed by atoms with Crippen LogP contribution in [-0.2, 0) is 11.3 Å². The molecule has 0 aliphatic heterocycles. The zero-order chi connectivity index (χ0) is 28.2. The van der Waals surface area contributed by atoms with Gasteiger partial charge in [-0.2, -0.15) is 0 Å². The summed E-state index contributed by atoms with van der Waals surface area (Å²) in [5.74, 6) is 1.07. The number of amides is 2. The van der Waals surface area contributed by atoms with Crippen molar-refractivity contribution in [3.63, 3.8) is 0 Å². The third kappa shape index (κ3) is 5.94. The molecule has 202 valence electrons. The fourth-order valence-corrected chi connectivity index (χ4v) is 5.25. The van der Waals surface area contributed by atoms with Crippen LogP contribution >= 0.6 is 11.3 Å². The van der Waals surface area contributed by atoms with E-state index in [1.807, 2.05) is 54.6 Å². The van der Waals surface area contributed by atoms with Crippen LogP contribution in [0.2, 0.25) is 0 Å². The van der Waals surface area contributed by atoms with Crippen LogP contribution < -0.4 is 20.9 Å². The van der Waals surface area contributed by atoms with E-state index in [2.05, 4.69) is 29.5 Å². The molecule has 2 N–H and O–H groups in total. The van der Waals surface area contributed by atoms with Gasteiger partial charge in [0.1, 0.15) is 22.9 Å². The number of ether oxygens (including phenoxy) is 1. The summed E-state index contributed by atoms with van der Waals surface area (Å²) in [7, 11) is 0. The quantitative estimate of drug-likeness (QED) is 0.227. The summed E-state index contributed by atoms with van der Waals surface area (Å²) in [6, 6.07) is 24.1. The summed E-state index contributed by atoms with van der Waals surface area (Å²) >= 11 is 1.14. The molecule has 0 bridgehead atoms. The lowest BCUT2D eigenvalue weighted by atomic mass is 10.0. The van der Waals surface area contributed by atoms with E-state index in [-0.39, 0.29) is 23.9 Å². The number of thiophene rings is 1. The van der Waals surface area contributed by atoms with E-state index in [0.29, 0.717) is 43.7 Å². The average molecular weight is 553 g/mol. The summed E-state index contributed by atoms with van der Waals surface area (Å²) in [5.41, 5.74) is 2.57. The highest BCUT2D eigenvalue weighted by Gasteiger charge is 2.20. The van der Waals surface area contributed by atoms with Crippen LogP contribution in [0.5, 0.6) is 11.5 Å². The molecule has 40 heavy (non-hydrogen) atoms. The monoisotopic (exact) mass is 552 g/mol. The summed E-state index contributed by atoms with van der Waals surface area (Å²) in [5, 5.41) is 6.02. The second kappa shape index (κ2) is 11.5. The van der Waals surface area contributed by atoms with Crippen molar-refractivity contribution in [2.45, 2.75) is 33.2 Å². The zero-order valence-electron chi connectivity index (χ0n) is 22.3. The molecule has 0 aliphatic rings. The lowest BCUT2D eigenvalue weighted by Gasteiger charge is -2.09. The molecule has 0 spiro atoms. The molecule has 0 fully saturated rings. The van der Waals surface area contributed by atoms with Crippen LogP contribution in [0.15, 0.2) is 90.0 Å². The number of carbonyl (C=O) groups excluding carboxylic acids is 2. The number of hydrogen-bond donors (Lipinski definition) is 2. The number of aromatic nitrogens is 2. The zero-order valence-corrected chi connectivity index (χ0v) is 23.1. The van der Waals surface area contributed by atoms with Gasteiger partial charge in [0.2, 0.25) is 5.91 Å². The van der Waals surface area contributed by atoms with E-state index in [0.717, 1.165) is 17.1 Å². The summed E-state index contributed by atoms with van der Waals surface area (Å²) in [6.45, 7) is 5.73. The number of para-hydroxylation sites is 1. The summed E-state index contributed by atoms with van der Waals surface area (Å²) in [6.07, 6.45) is 1.34. The van der Waals surface area contributed by atoms with E-state index in [1.165, 1.54) is 16.5 Å². The Morgan fingerprint density at radius 2 is 1.52 bits per heavy atom. The first kappa shape index (κ1) is 26.8. The smallest absolute Gasteiger partial charge is 0.266 e. The van der Waals surface area contributed by atoms with Gasteiger partial charge in [-0.1, -0.05) is 44.2 Å². The molecule has 2 heterocycles. The number of hydrogen-bond acceptors (Lipinski definition) is 6. The van der Waals surface area contributed by atoms with Crippen LogP contribution in [0.3, 0.4) is 0 Å². The predicted molar refractivity (Wildman–Crippen MR) is 159 cm³/mol. The summed E-state index contributed by atoms with van der Waals surface area (Å²) < 4.78 is 7.05. The standard InChI is InChI=1S/C31H28N4O4S/c1-19(2)21-9-11-22(12-10-21)33-26(36)17-35-18-32-30-27(31(35)38)20(3)28(40-30)29(37)34-23-13-15-25(16-14-23)39-24-7-5-4-6-8-24/h4-16,18-19H,17H2,1-3H3,(H,33,36)(H,34,37). The maximum atomic E-state index is 13.2. The van der Waals surface area contributed by atoms with E-state index < -0.39 is 0 Å². The van der Waals surface area contributed by atoms with Gasteiger partial charge in [-0.15, -0.1) is 11.3 Å². The minimum absolute atomic E-state index is 0.193. The number of fused-ring (bicyclic) bond motifs is 1. The van der Waals surface area contributed by atoms with Gasteiger partial charge in [-0.25, -0.2) is 4.98 Å². The van der Waals surface area contributed by atoms with Crippen molar-refractivity contribution in [3.8, 4) is 11.5 Å². The van der Waals surface area contributed by atoms with Gasteiger partial charge < -0.3 is 15.4 Å². The molecule has 0 unspecified atom stereocenters. The Balaban J connectivity index is 1.28. The number of carbonyl (C=O) groups is 2. The van der Waals surface area contributed by atoms with Crippen molar-refractivity contribution < 1.29 is 14.3 Å². The van der Waals surface area contributed by atoms with E-state index in [1.54, 1.807) is 31.2 Å². The fraction of sp³-hybridized carbons (Fsp3) is 0.161. The Hall–Kier alpha value is -4.76. The first-order valence-corrected chi connectivity index (χ1v) is 13.6. The van der Waals surface area contributed by atoms with Crippen LogP contribution in [0.4, 0.5) is 11.4 Å². The number of benzene rings is 3. The second-order valence-corrected chi connectivity index (χ2v) is 10.6.